The number of allylic oxidation sites excluding steroid dienone is 1. The SMILES string of the molecule is CCO[C@@H](Cc1ccc(OC/C=C(\C)c2cc(C(F)(F)F)cc(C(F)(F)F)c2)cc1)C(=O)O. The van der Waals surface area contributed by atoms with Crippen molar-refractivity contribution in [3.8, 4) is 5.75 Å². The summed E-state index contributed by atoms with van der Waals surface area (Å²) < 4.78 is 88.7. The largest absolute Gasteiger partial charge is 0.490 e. The molecule has 2 aromatic carbocycles. The van der Waals surface area contributed by atoms with E-state index in [2.05, 4.69) is 0 Å². The summed E-state index contributed by atoms with van der Waals surface area (Å²) in [6, 6.07) is 7.84. The van der Waals surface area contributed by atoms with Gasteiger partial charge in [0.2, 0.25) is 0 Å². The summed E-state index contributed by atoms with van der Waals surface area (Å²) in [5.74, 6) is -0.688. The number of halogens is 6. The van der Waals surface area contributed by atoms with E-state index < -0.39 is 35.6 Å². The zero-order chi connectivity index (χ0) is 24.8. The fourth-order valence-corrected chi connectivity index (χ4v) is 2.92. The standard InChI is InChI=1S/C23H22F6O4/c1-3-32-20(21(30)31)10-15-4-6-19(7-5-15)33-9-8-14(2)16-11-17(22(24,25)26)13-18(12-16)23(27,28)29/h4-8,11-13,20H,3,9-10H2,1-2H3,(H,30,31)/b14-8+/t20-/m0/s1. The number of carbonyl (C=O) groups is 1. The summed E-state index contributed by atoms with van der Waals surface area (Å²) in [6.07, 6.45) is -9.30. The molecule has 1 N–H and O–H groups in total. The van der Waals surface area contributed by atoms with Crippen LogP contribution in [0.1, 0.15) is 36.1 Å². The van der Waals surface area contributed by atoms with Crippen LogP contribution in [0.25, 0.3) is 5.57 Å². The highest BCUT2D eigenvalue weighted by Crippen LogP contribution is 2.37. The molecular weight excluding hydrogens is 454 g/mol. The first-order valence-corrected chi connectivity index (χ1v) is 9.84. The molecular formula is C23H22F6O4. The molecule has 180 valence electrons. The first kappa shape index (κ1) is 26.2. The van der Waals surface area contributed by atoms with E-state index in [1.165, 1.54) is 13.0 Å². The number of ether oxygens (including phenoxy) is 2. The Morgan fingerprint density at radius 2 is 1.55 bits per heavy atom. The third kappa shape index (κ3) is 7.81. The number of hydrogen-bond acceptors (Lipinski definition) is 3. The molecule has 2 aromatic rings. The molecule has 0 aliphatic carbocycles. The Bertz CT molecular complexity index is 946. The molecule has 0 fully saturated rings. The van der Waals surface area contributed by atoms with Crippen molar-refractivity contribution in [1.29, 1.82) is 0 Å². The van der Waals surface area contributed by atoms with Crippen molar-refractivity contribution in [2.24, 2.45) is 0 Å². The van der Waals surface area contributed by atoms with E-state index in [-0.39, 0.29) is 36.8 Å². The zero-order valence-electron chi connectivity index (χ0n) is 17.8. The van der Waals surface area contributed by atoms with Crippen LogP contribution in [0.3, 0.4) is 0 Å². The van der Waals surface area contributed by atoms with Crippen LogP contribution in [0.2, 0.25) is 0 Å². The number of carboxylic acids is 1. The third-order valence-electron chi connectivity index (χ3n) is 4.67. The molecule has 10 heteroatoms. The van der Waals surface area contributed by atoms with Gasteiger partial charge in [0.15, 0.2) is 6.10 Å². The summed E-state index contributed by atoms with van der Waals surface area (Å²) in [7, 11) is 0. The van der Waals surface area contributed by atoms with Crippen molar-refractivity contribution >= 4 is 11.5 Å². The highest BCUT2D eigenvalue weighted by atomic mass is 19.4. The molecule has 2 rings (SSSR count). The van der Waals surface area contributed by atoms with Gasteiger partial charge < -0.3 is 14.6 Å². The lowest BCUT2D eigenvalue weighted by atomic mass is 10.00. The smallest absolute Gasteiger partial charge is 0.416 e. The number of aliphatic carboxylic acids is 1. The highest BCUT2D eigenvalue weighted by Gasteiger charge is 2.37. The summed E-state index contributed by atoms with van der Waals surface area (Å²) in [5, 5.41) is 9.12. The minimum Gasteiger partial charge on any atom is -0.490 e. The third-order valence-corrected chi connectivity index (χ3v) is 4.67. The lowest BCUT2D eigenvalue weighted by Gasteiger charge is -2.15. The molecule has 4 nitrogen and oxygen atoms in total. The fraction of sp³-hybridized carbons (Fsp3) is 0.348. The Labute approximate surface area is 186 Å². The van der Waals surface area contributed by atoms with Crippen LogP contribution in [0, 0.1) is 0 Å². The number of carboxylic acid groups (broad SMARTS) is 1. The quantitative estimate of drug-likeness (QED) is 0.436. The van der Waals surface area contributed by atoms with Gasteiger partial charge in [0, 0.05) is 13.0 Å². The van der Waals surface area contributed by atoms with E-state index >= 15 is 0 Å². The molecule has 0 aliphatic heterocycles. The fourth-order valence-electron chi connectivity index (χ4n) is 2.92. The molecule has 0 heterocycles. The van der Waals surface area contributed by atoms with Gasteiger partial charge in [-0.1, -0.05) is 12.1 Å². The van der Waals surface area contributed by atoms with E-state index in [1.54, 1.807) is 31.2 Å². The normalized spacial score (nSPS) is 13.6. The van der Waals surface area contributed by atoms with Crippen LogP contribution in [-0.4, -0.2) is 30.4 Å². The lowest BCUT2D eigenvalue weighted by Crippen LogP contribution is -2.26. The number of alkyl halides is 6. The second-order valence-corrected chi connectivity index (χ2v) is 7.12. The Morgan fingerprint density at radius 3 is 2.00 bits per heavy atom. The molecule has 0 saturated carbocycles. The maximum absolute atomic E-state index is 13.0. The van der Waals surface area contributed by atoms with Crippen molar-refractivity contribution in [1.82, 2.24) is 0 Å². The second-order valence-electron chi connectivity index (χ2n) is 7.12. The van der Waals surface area contributed by atoms with Gasteiger partial charge in [0.1, 0.15) is 12.4 Å². The van der Waals surface area contributed by atoms with Crippen LogP contribution in [-0.2, 0) is 28.3 Å². The molecule has 0 unspecified atom stereocenters. The number of hydrogen-bond donors (Lipinski definition) is 1. The monoisotopic (exact) mass is 476 g/mol. The van der Waals surface area contributed by atoms with E-state index in [9.17, 15) is 31.1 Å². The maximum Gasteiger partial charge on any atom is 0.416 e. The van der Waals surface area contributed by atoms with Crippen LogP contribution in [0.5, 0.6) is 5.75 Å². The molecule has 0 saturated heterocycles. The summed E-state index contributed by atoms with van der Waals surface area (Å²) >= 11 is 0. The molecule has 0 bridgehead atoms. The average Bonchev–Trinajstić information content (AvgIpc) is 2.73. The number of rotatable bonds is 9. The van der Waals surface area contributed by atoms with Crippen molar-refractivity contribution in [3.63, 3.8) is 0 Å². The minimum atomic E-state index is -4.92. The lowest BCUT2D eigenvalue weighted by molar-refractivity contribution is -0.150. The van der Waals surface area contributed by atoms with E-state index in [0.29, 0.717) is 23.4 Å². The predicted octanol–water partition coefficient (Wildman–Crippen LogP) is 6.24. The molecule has 0 aliphatic rings. The van der Waals surface area contributed by atoms with E-state index in [1.807, 2.05) is 0 Å². The second kappa shape index (κ2) is 10.7. The summed E-state index contributed by atoms with van der Waals surface area (Å²) in [6.45, 7) is 3.23. The van der Waals surface area contributed by atoms with Crippen LogP contribution in [0.15, 0.2) is 48.5 Å². The molecule has 33 heavy (non-hydrogen) atoms. The molecule has 0 radical (unpaired) electrons. The molecule has 1 atom stereocenters. The van der Waals surface area contributed by atoms with Gasteiger partial charge >= 0.3 is 18.3 Å². The van der Waals surface area contributed by atoms with Crippen molar-refractivity contribution in [2.45, 2.75) is 38.7 Å². The highest BCUT2D eigenvalue weighted by molar-refractivity contribution is 5.72. The van der Waals surface area contributed by atoms with Crippen LogP contribution < -0.4 is 4.74 Å². The van der Waals surface area contributed by atoms with E-state index in [0.717, 1.165) is 0 Å². The van der Waals surface area contributed by atoms with Crippen molar-refractivity contribution < 1.29 is 45.7 Å². The predicted molar refractivity (Wildman–Crippen MR) is 109 cm³/mol. The Kier molecular flexibility index (Phi) is 8.54. The minimum absolute atomic E-state index is 0.0787. The Balaban J connectivity index is 2.10. The van der Waals surface area contributed by atoms with Crippen LogP contribution >= 0.6 is 0 Å². The van der Waals surface area contributed by atoms with Crippen LogP contribution in [0.4, 0.5) is 26.3 Å². The zero-order valence-corrected chi connectivity index (χ0v) is 17.8. The van der Waals surface area contributed by atoms with Crippen molar-refractivity contribution in [2.75, 3.05) is 13.2 Å². The topological polar surface area (TPSA) is 55.8 Å². The van der Waals surface area contributed by atoms with Gasteiger partial charge in [-0.05, 0) is 67.0 Å². The first-order valence-electron chi connectivity index (χ1n) is 9.84. The Morgan fingerprint density at radius 1 is 1.00 bits per heavy atom. The molecule has 0 spiro atoms. The van der Waals surface area contributed by atoms with Gasteiger partial charge in [-0.3, -0.25) is 0 Å². The average molecular weight is 476 g/mol. The molecule has 0 amide bonds. The van der Waals surface area contributed by atoms with Gasteiger partial charge in [-0.25, -0.2) is 4.79 Å². The summed E-state index contributed by atoms with van der Waals surface area (Å²) in [4.78, 5) is 11.2. The van der Waals surface area contributed by atoms with Gasteiger partial charge in [-0.2, -0.15) is 26.3 Å². The van der Waals surface area contributed by atoms with Gasteiger partial charge in [0.25, 0.3) is 0 Å². The van der Waals surface area contributed by atoms with Gasteiger partial charge in [-0.15, -0.1) is 0 Å². The van der Waals surface area contributed by atoms with Gasteiger partial charge in [0.05, 0.1) is 11.1 Å². The number of benzene rings is 2. The summed E-state index contributed by atoms with van der Waals surface area (Å²) in [5.41, 5.74) is -2.11. The maximum atomic E-state index is 13.0. The van der Waals surface area contributed by atoms with E-state index in [4.69, 9.17) is 14.6 Å². The van der Waals surface area contributed by atoms with Crippen molar-refractivity contribution in [3.05, 3.63) is 70.8 Å². The Hall–Kier alpha value is -3.01. The molecule has 0 aromatic heterocycles. The first-order chi connectivity index (χ1) is 15.3.